The predicted molar refractivity (Wildman–Crippen MR) is 182 cm³/mol. The number of carbonyl (C=O) groups excluding carboxylic acids is 5. The molecule has 2 N–H and O–H groups in total. The highest BCUT2D eigenvalue weighted by Crippen LogP contribution is 2.52. The largest absolute Gasteiger partial charge is 0.333 e. The average Bonchev–Trinajstić information content (AvgIpc) is 3.13. The fourth-order valence-corrected chi connectivity index (χ4v) is 7.77. The molecule has 4 aromatic carbocycles. The molecule has 10 nitrogen and oxygen atoms in total. The van der Waals surface area contributed by atoms with Crippen molar-refractivity contribution in [2.75, 3.05) is 19.6 Å². The molecule has 1 unspecified atom stereocenters. The summed E-state index contributed by atoms with van der Waals surface area (Å²) >= 11 is 1.55. The molecule has 0 saturated carbocycles. The molecule has 11 heteroatoms. The van der Waals surface area contributed by atoms with Gasteiger partial charge in [-0.05, 0) is 29.2 Å². The van der Waals surface area contributed by atoms with Gasteiger partial charge in [-0.3, -0.25) is 29.5 Å². The second kappa shape index (κ2) is 14.1. The maximum absolute atomic E-state index is 14.0. The number of rotatable bonds is 10. The van der Waals surface area contributed by atoms with E-state index >= 15 is 0 Å². The molecule has 2 heterocycles. The zero-order valence-electron chi connectivity index (χ0n) is 26.3. The minimum absolute atomic E-state index is 0.00274. The summed E-state index contributed by atoms with van der Waals surface area (Å²) < 4.78 is -0.737. The van der Waals surface area contributed by atoms with Gasteiger partial charge in [0.15, 0.2) is 0 Å². The van der Waals surface area contributed by atoms with Gasteiger partial charge in [-0.25, -0.2) is 9.80 Å². The Labute approximate surface area is 283 Å². The number of imide groups is 1. The van der Waals surface area contributed by atoms with Gasteiger partial charge in [-0.1, -0.05) is 121 Å². The number of likely N-dealkylation sites (N-methyl/N-ethyl adjacent to an activating group) is 1. The van der Waals surface area contributed by atoms with Crippen LogP contribution in [0.5, 0.6) is 0 Å². The van der Waals surface area contributed by atoms with Gasteiger partial charge in [0.25, 0.3) is 5.91 Å². The topological polar surface area (TPSA) is 119 Å². The lowest BCUT2D eigenvalue weighted by atomic mass is 9.84. The van der Waals surface area contributed by atoms with Crippen molar-refractivity contribution in [2.24, 2.45) is 0 Å². The maximum Gasteiger partial charge on any atom is 0.325 e. The summed E-state index contributed by atoms with van der Waals surface area (Å²) in [6, 6.07) is 36.5. The molecule has 244 valence electrons. The summed E-state index contributed by atoms with van der Waals surface area (Å²) in [6.45, 7) is 2.29. The number of amides is 6. The molecule has 6 amide bonds. The fraction of sp³-hybridized carbons (Fsp3) is 0.216. The molecule has 0 aliphatic carbocycles. The van der Waals surface area contributed by atoms with E-state index in [1.54, 1.807) is 49.0 Å². The number of hydrogen-bond donors (Lipinski definition) is 2. The van der Waals surface area contributed by atoms with Crippen LogP contribution in [0.1, 0.15) is 41.6 Å². The van der Waals surface area contributed by atoms with Crippen LogP contribution >= 0.6 is 11.8 Å². The summed E-state index contributed by atoms with van der Waals surface area (Å²) in [5.41, 5.74) is 6.24. The van der Waals surface area contributed by atoms with E-state index in [2.05, 4.69) is 47.1 Å². The van der Waals surface area contributed by atoms with Gasteiger partial charge in [0.05, 0.1) is 11.2 Å². The highest BCUT2D eigenvalue weighted by Gasteiger charge is 2.48. The van der Waals surface area contributed by atoms with Crippen molar-refractivity contribution in [1.29, 1.82) is 0 Å². The third-order valence-electron chi connectivity index (χ3n) is 8.59. The summed E-state index contributed by atoms with van der Waals surface area (Å²) in [5.74, 6) is -2.67. The first kappa shape index (κ1) is 32.5. The molecule has 48 heavy (non-hydrogen) atoms. The van der Waals surface area contributed by atoms with Gasteiger partial charge in [-0.15, -0.1) is 11.8 Å². The highest BCUT2D eigenvalue weighted by molar-refractivity contribution is 8.01. The van der Waals surface area contributed by atoms with Crippen LogP contribution in [0.4, 0.5) is 4.79 Å². The van der Waals surface area contributed by atoms with Gasteiger partial charge in [-0.2, -0.15) is 0 Å². The van der Waals surface area contributed by atoms with E-state index in [1.165, 1.54) is 9.91 Å². The van der Waals surface area contributed by atoms with Crippen molar-refractivity contribution in [2.45, 2.75) is 29.5 Å². The number of hydrazine groups is 1. The zero-order chi connectivity index (χ0) is 33.7. The Morgan fingerprint density at radius 3 is 1.73 bits per heavy atom. The van der Waals surface area contributed by atoms with Crippen LogP contribution in [-0.4, -0.2) is 69.5 Å². The molecule has 0 spiro atoms. The van der Waals surface area contributed by atoms with Gasteiger partial charge < -0.3 is 10.2 Å². The maximum atomic E-state index is 14.0. The lowest BCUT2D eigenvalue weighted by Crippen LogP contribution is -2.63. The Kier molecular flexibility index (Phi) is 9.58. The van der Waals surface area contributed by atoms with E-state index in [-0.39, 0.29) is 25.4 Å². The number of urea groups is 1. The molecule has 6 rings (SSSR count). The molecule has 2 aliphatic heterocycles. The van der Waals surface area contributed by atoms with Crippen LogP contribution in [0.2, 0.25) is 0 Å². The summed E-state index contributed by atoms with van der Waals surface area (Å²) in [7, 11) is 0. The molecule has 0 bridgehead atoms. The number of carbonyl (C=O) groups is 5. The first-order chi connectivity index (χ1) is 23.3. The third-order valence-corrected chi connectivity index (χ3v) is 10.3. The molecule has 2 atom stereocenters. The van der Waals surface area contributed by atoms with Crippen LogP contribution in [0.15, 0.2) is 121 Å². The SMILES string of the molecule is CCN1CCN(C(=O)N[C@@H](C(=O)NN2C(=O)CC2SC(c2ccccc2)(c2ccccc2)c2ccccc2)c2ccccc2)C(=O)C1=O. The number of nitrogens with one attached hydrogen (secondary N) is 2. The number of β-lactam (4-membered cyclic amide) rings is 1. The molecule has 4 aromatic rings. The highest BCUT2D eigenvalue weighted by atomic mass is 32.2. The van der Waals surface area contributed by atoms with E-state index < -0.39 is 39.9 Å². The minimum Gasteiger partial charge on any atom is -0.333 e. The minimum atomic E-state index is -1.26. The van der Waals surface area contributed by atoms with Crippen molar-refractivity contribution >= 4 is 41.4 Å². The van der Waals surface area contributed by atoms with Gasteiger partial charge >= 0.3 is 17.8 Å². The van der Waals surface area contributed by atoms with E-state index in [0.29, 0.717) is 12.1 Å². The van der Waals surface area contributed by atoms with E-state index in [9.17, 15) is 24.0 Å². The second-order valence-corrected chi connectivity index (χ2v) is 12.8. The summed E-state index contributed by atoms with van der Waals surface area (Å²) in [4.78, 5) is 67.9. The first-order valence-electron chi connectivity index (χ1n) is 15.8. The molecular weight excluding hydrogens is 627 g/mol. The third kappa shape index (κ3) is 6.28. The lowest BCUT2D eigenvalue weighted by molar-refractivity contribution is -0.153. The van der Waals surface area contributed by atoms with E-state index in [4.69, 9.17) is 0 Å². The quantitative estimate of drug-likeness (QED) is 0.147. The Balaban J connectivity index is 1.29. The van der Waals surface area contributed by atoms with Crippen LogP contribution in [0, 0.1) is 0 Å². The van der Waals surface area contributed by atoms with Crippen molar-refractivity contribution in [1.82, 2.24) is 25.6 Å². The number of piperazine rings is 1. The Morgan fingerprint density at radius 1 is 0.750 bits per heavy atom. The molecule has 0 aromatic heterocycles. The smallest absolute Gasteiger partial charge is 0.325 e. The normalized spacial score (nSPS) is 17.1. The zero-order valence-corrected chi connectivity index (χ0v) is 27.1. The van der Waals surface area contributed by atoms with Crippen LogP contribution in [0.25, 0.3) is 0 Å². The molecular formula is C37H35N5O5S. The predicted octanol–water partition coefficient (Wildman–Crippen LogP) is 4.44. The van der Waals surface area contributed by atoms with Gasteiger partial charge in [0.2, 0.25) is 5.91 Å². The van der Waals surface area contributed by atoms with Crippen LogP contribution in [0.3, 0.4) is 0 Å². The monoisotopic (exact) mass is 661 g/mol. The molecule has 2 saturated heterocycles. The fourth-order valence-electron chi connectivity index (χ4n) is 6.04. The van der Waals surface area contributed by atoms with Crippen molar-refractivity contribution < 1.29 is 24.0 Å². The second-order valence-electron chi connectivity index (χ2n) is 11.4. The standard InChI is InChI=1S/C37H35N5O5S/c1-2-40-23-24-41(35(46)34(40)45)36(47)38-32(26-15-7-3-8-16-26)33(44)39-42-30(43)25-31(42)48-37(27-17-9-4-10-18-27,28-19-11-5-12-20-28)29-21-13-6-14-22-29/h3-22,31-32H,2,23-25H2,1H3,(H,38,47)(H,39,44)/t31?,32-/m1/s1. The van der Waals surface area contributed by atoms with E-state index in [1.807, 2.05) is 54.6 Å². The Hall–Kier alpha value is -5.42. The number of nitrogens with zero attached hydrogens (tertiary/aromatic N) is 3. The Morgan fingerprint density at radius 2 is 1.25 bits per heavy atom. The van der Waals surface area contributed by atoms with Crippen LogP contribution in [-0.2, 0) is 23.9 Å². The summed E-state index contributed by atoms with van der Waals surface area (Å²) in [6.07, 6.45) is 0.180. The van der Waals surface area contributed by atoms with Crippen molar-refractivity contribution in [3.05, 3.63) is 144 Å². The van der Waals surface area contributed by atoms with E-state index in [0.717, 1.165) is 21.6 Å². The lowest BCUT2D eigenvalue weighted by Gasteiger charge is -2.46. The number of thioether (sulfide) groups is 1. The van der Waals surface area contributed by atoms with Gasteiger partial charge in [0.1, 0.15) is 11.4 Å². The number of hydrogen-bond acceptors (Lipinski definition) is 6. The summed E-state index contributed by atoms with van der Waals surface area (Å²) in [5, 5.41) is 3.48. The first-order valence-corrected chi connectivity index (χ1v) is 16.6. The molecule has 0 radical (unpaired) electrons. The molecule has 2 aliphatic rings. The molecule has 2 fully saturated rings. The van der Waals surface area contributed by atoms with Crippen molar-refractivity contribution in [3.63, 3.8) is 0 Å². The number of benzene rings is 4. The van der Waals surface area contributed by atoms with Gasteiger partial charge in [0, 0.05) is 19.6 Å². The Bertz CT molecular complexity index is 1700. The van der Waals surface area contributed by atoms with Crippen molar-refractivity contribution in [3.8, 4) is 0 Å². The van der Waals surface area contributed by atoms with Crippen LogP contribution < -0.4 is 10.7 Å². The average molecular weight is 662 g/mol.